The normalized spacial score (nSPS) is 11.7. The number of ether oxygens (including phenoxy) is 3. The molecule has 156 valence electrons. The minimum Gasteiger partial charge on any atom is -0.494 e. The average Bonchev–Trinajstić information content (AvgIpc) is 3.58. The van der Waals surface area contributed by atoms with E-state index < -0.39 is 0 Å². The first-order chi connectivity index (χ1) is 14.2. The summed E-state index contributed by atoms with van der Waals surface area (Å²) in [4.78, 5) is 0. The first kappa shape index (κ1) is 24.1. The lowest BCUT2D eigenvalue weighted by Gasteiger charge is -2.13. The third-order valence-electron chi connectivity index (χ3n) is 4.00. The number of nitrogens with two attached hydrogens (primary N) is 1. The van der Waals surface area contributed by atoms with Crippen molar-refractivity contribution in [2.24, 2.45) is 5.73 Å². The van der Waals surface area contributed by atoms with E-state index >= 15 is 0 Å². The second-order valence-electron chi connectivity index (χ2n) is 6.32. The van der Waals surface area contributed by atoms with Crippen LogP contribution in [0.3, 0.4) is 0 Å². The lowest BCUT2D eigenvalue weighted by atomic mass is 10.1. The lowest BCUT2D eigenvalue weighted by molar-refractivity contribution is 0.299. The van der Waals surface area contributed by atoms with Crippen LogP contribution in [0.2, 0.25) is 0 Å². The molecule has 1 aliphatic carbocycles. The van der Waals surface area contributed by atoms with E-state index in [2.05, 4.69) is 31.9 Å². The quantitative estimate of drug-likeness (QED) is 0.454. The second-order valence-corrected chi connectivity index (χ2v) is 6.32. The van der Waals surface area contributed by atoms with Gasteiger partial charge in [0.15, 0.2) is 0 Å². The van der Waals surface area contributed by atoms with Crippen LogP contribution in [-0.4, -0.2) is 19.8 Å². The zero-order valence-corrected chi connectivity index (χ0v) is 17.7. The third-order valence-corrected chi connectivity index (χ3v) is 4.00. The van der Waals surface area contributed by atoms with E-state index in [-0.39, 0.29) is 6.10 Å². The molecule has 2 aromatic carbocycles. The molecular weight excluding hydrogens is 364 g/mol. The summed E-state index contributed by atoms with van der Waals surface area (Å²) < 4.78 is 17.4. The molecule has 0 atom stereocenters. The van der Waals surface area contributed by atoms with E-state index in [1.807, 2.05) is 37.3 Å². The number of rotatable bonds is 8. The van der Waals surface area contributed by atoms with Gasteiger partial charge >= 0.3 is 0 Å². The summed E-state index contributed by atoms with van der Waals surface area (Å²) in [7, 11) is 1.50. The number of hydrogen-bond acceptors (Lipinski definition) is 5. The van der Waals surface area contributed by atoms with Crippen molar-refractivity contribution in [1.82, 2.24) is 0 Å². The van der Waals surface area contributed by atoms with Crippen LogP contribution in [0.25, 0.3) is 0 Å². The van der Waals surface area contributed by atoms with Crippen molar-refractivity contribution in [3.63, 3.8) is 0 Å². The van der Waals surface area contributed by atoms with E-state index in [0.717, 1.165) is 43.6 Å². The number of nitriles is 1. The van der Waals surface area contributed by atoms with Crippen LogP contribution in [0.5, 0.6) is 23.0 Å². The Kier molecular flexibility index (Phi) is 11.0. The van der Waals surface area contributed by atoms with Crippen LogP contribution in [0.15, 0.2) is 49.6 Å². The maximum absolute atomic E-state index is 9.40. The summed E-state index contributed by atoms with van der Waals surface area (Å²) in [6.07, 6.45) is 4.55. The number of aryl methyl sites for hydroxylation is 1. The van der Waals surface area contributed by atoms with Gasteiger partial charge in [0.25, 0.3) is 0 Å². The van der Waals surface area contributed by atoms with Gasteiger partial charge in [-0.1, -0.05) is 13.3 Å². The number of nitrogens with zero attached hydrogens (tertiary/aromatic N) is 1. The van der Waals surface area contributed by atoms with E-state index in [1.54, 1.807) is 6.07 Å². The van der Waals surface area contributed by atoms with Crippen molar-refractivity contribution in [2.75, 3.05) is 13.7 Å². The molecule has 2 aromatic rings. The maximum atomic E-state index is 9.40. The van der Waals surface area contributed by atoms with Crippen molar-refractivity contribution in [3.8, 4) is 29.1 Å². The molecule has 1 saturated carbocycles. The SMILES string of the molecule is C=C.CCCCOc1ccc(Oc2cc(C)c(OC3CC3)c(C#N)c2)cc1.CN. The molecule has 3 rings (SSSR count). The predicted octanol–water partition coefficient (Wildman–Crippen LogP) is 5.76. The van der Waals surface area contributed by atoms with Crippen molar-refractivity contribution >= 4 is 0 Å². The number of benzene rings is 2. The molecule has 0 radical (unpaired) electrons. The van der Waals surface area contributed by atoms with Crippen LogP contribution >= 0.6 is 0 Å². The van der Waals surface area contributed by atoms with Gasteiger partial charge in [0, 0.05) is 6.07 Å². The first-order valence-electron chi connectivity index (χ1n) is 9.89. The van der Waals surface area contributed by atoms with Gasteiger partial charge in [0.1, 0.15) is 29.1 Å². The fraction of sp³-hybridized carbons (Fsp3) is 0.375. The Morgan fingerprint density at radius 2 is 1.69 bits per heavy atom. The molecule has 0 unspecified atom stereocenters. The summed E-state index contributed by atoms with van der Waals surface area (Å²) in [6, 6.07) is 13.4. The van der Waals surface area contributed by atoms with Crippen molar-refractivity contribution in [2.45, 2.75) is 45.6 Å². The van der Waals surface area contributed by atoms with Crippen LogP contribution in [-0.2, 0) is 0 Å². The summed E-state index contributed by atoms with van der Waals surface area (Å²) >= 11 is 0. The standard InChI is InChI=1S/C21H23NO3.C2H4.CH5N/c1-3-4-11-23-17-5-7-18(8-6-17)24-20-12-15(2)21(16(13-20)14-22)25-19-9-10-19;2*1-2/h5-8,12-13,19H,3-4,9-11H2,1-2H3;1-2H2;2H2,1H3. The highest BCUT2D eigenvalue weighted by Gasteiger charge is 2.25. The highest BCUT2D eigenvalue weighted by Crippen LogP contribution is 2.35. The molecule has 0 bridgehead atoms. The molecule has 0 heterocycles. The van der Waals surface area contributed by atoms with Crippen LogP contribution in [0, 0.1) is 18.3 Å². The Morgan fingerprint density at radius 3 is 2.24 bits per heavy atom. The monoisotopic (exact) mass is 396 g/mol. The van der Waals surface area contributed by atoms with Crippen molar-refractivity contribution in [1.29, 1.82) is 5.26 Å². The molecule has 1 aliphatic rings. The molecule has 0 amide bonds. The largest absolute Gasteiger partial charge is 0.494 e. The molecule has 5 heteroatoms. The highest BCUT2D eigenvalue weighted by molar-refractivity contribution is 5.53. The van der Waals surface area contributed by atoms with Gasteiger partial charge in [-0.25, -0.2) is 0 Å². The maximum Gasteiger partial charge on any atom is 0.140 e. The summed E-state index contributed by atoms with van der Waals surface area (Å²) in [5.41, 5.74) is 5.93. The number of unbranched alkanes of at least 4 members (excludes halogenated alkanes) is 1. The molecule has 0 saturated heterocycles. The Hall–Kier alpha value is -2.97. The van der Waals surface area contributed by atoms with E-state index in [9.17, 15) is 5.26 Å². The Morgan fingerprint density at radius 1 is 1.07 bits per heavy atom. The van der Waals surface area contributed by atoms with E-state index in [4.69, 9.17) is 14.2 Å². The van der Waals surface area contributed by atoms with Crippen LogP contribution in [0.4, 0.5) is 0 Å². The summed E-state index contributed by atoms with van der Waals surface area (Å²) in [5.74, 6) is 2.86. The summed E-state index contributed by atoms with van der Waals surface area (Å²) in [5, 5.41) is 9.40. The van der Waals surface area contributed by atoms with Gasteiger partial charge in [0.05, 0.1) is 18.3 Å². The predicted molar refractivity (Wildman–Crippen MR) is 118 cm³/mol. The average molecular weight is 397 g/mol. The van der Waals surface area contributed by atoms with Crippen LogP contribution < -0.4 is 19.9 Å². The molecular formula is C24H32N2O3. The molecule has 0 aliphatic heterocycles. The minimum atomic E-state index is 0.262. The zero-order valence-electron chi connectivity index (χ0n) is 17.7. The molecule has 1 fully saturated rings. The first-order valence-corrected chi connectivity index (χ1v) is 9.89. The molecule has 5 nitrogen and oxygen atoms in total. The van der Waals surface area contributed by atoms with Gasteiger partial charge in [0.2, 0.25) is 0 Å². The van der Waals surface area contributed by atoms with E-state index in [0.29, 0.717) is 22.8 Å². The van der Waals surface area contributed by atoms with Gasteiger partial charge in [-0.3, -0.25) is 0 Å². The topological polar surface area (TPSA) is 77.5 Å². The minimum absolute atomic E-state index is 0.262. The fourth-order valence-corrected chi connectivity index (χ4v) is 2.47. The molecule has 0 aromatic heterocycles. The zero-order chi connectivity index (χ0) is 21.6. The van der Waals surface area contributed by atoms with Crippen molar-refractivity contribution < 1.29 is 14.2 Å². The lowest BCUT2D eigenvalue weighted by Crippen LogP contribution is -2.01. The highest BCUT2D eigenvalue weighted by atomic mass is 16.5. The second kappa shape index (κ2) is 13.2. The van der Waals surface area contributed by atoms with Gasteiger partial charge in [-0.2, -0.15) is 5.26 Å². The Labute approximate surface area is 174 Å². The summed E-state index contributed by atoms with van der Waals surface area (Å²) in [6.45, 7) is 10.8. The fourth-order valence-electron chi connectivity index (χ4n) is 2.47. The van der Waals surface area contributed by atoms with Crippen molar-refractivity contribution in [3.05, 3.63) is 60.7 Å². The Balaban J connectivity index is 0.000000989. The Bertz CT molecular complexity index is 778. The molecule has 0 spiro atoms. The van der Waals surface area contributed by atoms with Gasteiger partial charge in [-0.15, -0.1) is 13.2 Å². The molecule has 2 N–H and O–H groups in total. The van der Waals surface area contributed by atoms with Crippen LogP contribution in [0.1, 0.15) is 43.7 Å². The number of hydrogen-bond donors (Lipinski definition) is 1. The molecule has 29 heavy (non-hydrogen) atoms. The van der Waals surface area contributed by atoms with E-state index in [1.165, 1.54) is 7.05 Å². The third kappa shape index (κ3) is 7.89. The smallest absolute Gasteiger partial charge is 0.140 e. The van der Waals surface area contributed by atoms with Gasteiger partial charge < -0.3 is 19.9 Å². The van der Waals surface area contributed by atoms with Gasteiger partial charge in [-0.05, 0) is 69.1 Å².